The number of nitrogens with zero attached hydrogens (tertiary/aromatic N) is 2. The van der Waals surface area contributed by atoms with Crippen LogP contribution in [0, 0.1) is 0 Å². The van der Waals surface area contributed by atoms with E-state index in [1.165, 1.54) is 6.26 Å². The summed E-state index contributed by atoms with van der Waals surface area (Å²) in [4.78, 5) is 2.32. The van der Waals surface area contributed by atoms with Gasteiger partial charge in [0.25, 0.3) is 0 Å². The van der Waals surface area contributed by atoms with Crippen LogP contribution in [0.15, 0.2) is 0 Å². The minimum atomic E-state index is -3.03. The first-order valence-corrected chi connectivity index (χ1v) is 9.11. The third kappa shape index (κ3) is 4.75. The van der Waals surface area contributed by atoms with E-state index < -0.39 is 10.0 Å². The lowest BCUT2D eigenvalue weighted by Crippen LogP contribution is -2.53. The van der Waals surface area contributed by atoms with Crippen LogP contribution >= 0.6 is 11.8 Å². The van der Waals surface area contributed by atoms with Gasteiger partial charge in [0.15, 0.2) is 0 Å². The van der Waals surface area contributed by atoms with Crippen molar-refractivity contribution in [3.05, 3.63) is 0 Å². The topological polar surface area (TPSA) is 66.6 Å². The molecule has 1 rings (SSSR count). The molecule has 0 saturated carbocycles. The molecule has 0 aromatic heterocycles. The Bertz CT molecular complexity index is 314. The lowest BCUT2D eigenvalue weighted by Gasteiger charge is -2.37. The molecule has 0 aromatic rings. The summed E-state index contributed by atoms with van der Waals surface area (Å²) >= 11 is 1.83. The average Bonchev–Trinajstić information content (AvgIpc) is 2.29. The van der Waals surface area contributed by atoms with Crippen molar-refractivity contribution in [3.8, 4) is 0 Å². The van der Waals surface area contributed by atoms with Crippen LogP contribution in [0.4, 0.5) is 0 Å². The Morgan fingerprint density at radius 1 is 1.29 bits per heavy atom. The van der Waals surface area contributed by atoms with E-state index in [-0.39, 0.29) is 0 Å². The van der Waals surface area contributed by atoms with E-state index in [9.17, 15) is 8.42 Å². The maximum absolute atomic E-state index is 11.4. The highest BCUT2D eigenvalue weighted by atomic mass is 32.2. The number of nitrogens with two attached hydrogens (primary N) is 1. The van der Waals surface area contributed by atoms with Crippen LogP contribution in [-0.2, 0) is 10.0 Å². The van der Waals surface area contributed by atoms with Gasteiger partial charge in [-0.1, -0.05) is 0 Å². The van der Waals surface area contributed by atoms with Crippen LogP contribution < -0.4 is 5.73 Å². The summed E-state index contributed by atoms with van der Waals surface area (Å²) in [6.07, 6.45) is 4.45. The van der Waals surface area contributed by atoms with Crippen molar-refractivity contribution >= 4 is 21.8 Å². The molecule has 0 bridgehead atoms. The molecule has 17 heavy (non-hydrogen) atoms. The van der Waals surface area contributed by atoms with E-state index in [0.717, 1.165) is 25.3 Å². The minimum absolute atomic E-state index is 0.393. The van der Waals surface area contributed by atoms with Crippen molar-refractivity contribution in [2.45, 2.75) is 12.5 Å². The highest BCUT2D eigenvalue weighted by Crippen LogP contribution is 2.12. The molecule has 0 aliphatic carbocycles. The van der Waals surface area contributed by atoms with Gasteiger partial charge < -0.3 is 5.73 Å². The predicted molar refractivity (Wildman–Crippen MR) is 73.8 cm³/mol. The molecule has 7 heteroatoms. The van der Waals surface area contributed by atoms with Gasteiger partial charge in [-0.25, -0.2) is 8.42 Å². The van der Waals surface area contributed by atoms with Gasteiger partial charge >= 0.3 is 0 Å². The molecule has 0 aromatic carbocycles. The number of rotatable bonds is 6. The average molecular weight is 281 g/mol. The molecule has 1 aliphatic heterocycles. The predicted octanol–water partition coefficient (Wildman–Crippen LogP) is -0.356. The summed E-state index contributed by atoms with van der Waals surface area (Å²) in [5, 5.41) is 0. The van der Waals surface area contributed by atoms with Crippen LogP contribution in [0.5, 0.6) is 0 Å². The summed E-state index contributed by atoms with van der Waals surface area (Å²) < 4.78 is 24.3. The molecule has 1 saturated heterocycles. The number of hydrogen-bond donors (Lipinski definition) is 1. The second-order valence-electron chi connectivity index (χ2n) is 4.37. The first-order chi connectivity index (χ1) is 7.99. The lowest BCUT2D eigenvalue weighted by molar-refractivity contribution is 0.138. The zero-order chi connectivity index (χ0) is 12.9. The molecule has 0 spiro atoms. The molecule has 1 heterocycles. The quantitative estimate of drug-likeness (QED) is 0.720. The molecule has 102 valence electrons. The maximum atomic E-state index is 11.4. The molecule has 0 radical (unpaired) electrons. The zero-order valence-corrected chi connectivity index (χ0v) is 12.3. The standard InChI is InChI=1S/C10H23N3O2S2/c1-16-8-3-10(9-11)12-4-6-13(7-5-12)17(2,14)15/h10H,3-9,11H2,1-2H3. The second kappa shape index (κ2) is 6.94. The van der Waals surface area contributed by atoms with Gasteiger partial charge in [-0.05, 0) is 18.4 Å². The van der Waals surface area contributed by atoms with Gasteiger partial charge in [0, 0.05) is 38.8 Å². The maximum Gasteiger partial charge on any atom is 0.211 e. The smallest absolute Gasteiger partial charge is 0.211 e. The molecular formula is C10H23N3O2S2. The monoisotopic (exact) mass is 281 g/mol. The van der Waals surface area contributed by atoms with Gasteiger partial charge in [-0.3, -0.25) is 4.90 Å². The zero-order valence-electron chi connectivity index (χ0n) is 10.6. The van der Waals surface area contributed by atoms with Gasteiger partial charge in [0.2, 0.25) is 10.0 Å². The number of piperazine rings is 1. The van der Waals surface area contributed by atoms with Crippen LogP contribution in [0.3, 0.4) is 0 Å². The number of thioether (sulfide) groups is 1. The highest BCUT2D eigenvalue weighted by molar-refractivity contribution is 7.98. The Morgan fingerprint density at radius 2 is 1.88 bits per heavy atom. The van der Waals surface area contributed by atoms with Crippen molar-refractivity contribution < 1.29 is 8.42 Å². The number of hydrogen-bond acceptors (Lipinski definition) is 5. The summed E-state index contributed by atoms with van der Waals surface area (Å²) in [6, 6.07) is 0.393. The molecule has 1 aliphatic rings. The molecule has 5 nitrogen and oxygen atoms in total. The van der Waals surface area contributed by atoms with E-state index in [4.69, 9.17) is 5.73 Å². The van der Waals surface area contributed by atoms with Crippen LogP contribution in [0.1, 0.15) is 6.42 Å². The van der Waals surface area contributed by atoms with Gasteiger partial charge in [-0.15, -0.1) is 0 Å². The normalized spacial score (nSPS) is 21.6. The Kier molecular flexibility index (Phi) is 6.22. The summed E-state index contributed by atoms with van der Waals surface area (Å²) in [5.74, 6) is 1.11. The van der Waals surface area contributed by atoms with Crippen LogP contribution in [0.2, 0.25) is 0 Å². The highest BCUT2D eigenvalue weighted by Gasteiger charge is 2.26. The molecular weight excluding hydrogens is 258 g/mol. The fourth-order valence-corrected chi connectivity index (χ4v) is 3.44. The van der Waals surface area contributed by atoms with E-state index >= 15 is 0 Å². The summed E-state index contributed by atoms with van der Waals surface area (Å²) in [5.41, 5.74) is 5.78. The van der Waals surface area contributed by atoms with Crippen LogP contribution in [0.25, 0.3) is 0 Å². The first-order valence-electron chi connectivity index (χ1n) is 5.87. The van der Waals surface area contributed by atoms with E-state index in [2.05, 4.69) is 11.2 Å². The van der Waals surface area contributed by atoms with Crippen molar-refractivity contribution in [1.82, 2.24) is 9.21 Å². The van der Waals surface area contributed by atoms with Crippen LogP contribution in [-0.4, -0.2) is 74.7 Å². The third-order valence-electron chi connectivity index (χ3n) is 3.19. The second-order valence-corrected chi connectivity index (χ2v) is 7.34. The third-order valence-corrected chi connectivity index (χ3v) is 5.13. The van der Waals surface area contributed by atoms with E-state index in [0.29, 0.717) is 25.7 Å². The summed E-state index contributed by atoms with van der Waals surface area (Å²) in [7, 11) is -3.03. The molecule has 1 unspecified atom stereocenters. The van der Waals surface area contributed by atoms with Gasteiger partial charge in [-0.2, -0.15) is 16.1 Å². The van der Waals surface area contributed by atoms with Crippen molar-refractivity contribution in [2.75, 3.05) is 51.0 Å². The lowest BCUT2D eigenvalue weighted by atomic mass is 10.1. The fourth-order valence-electron chi connectivity index (χ4n) is 2.10. The molecule has 0 amide bonds. The Balaban J connectivity index is 2.44. The van der Waals surface area contributed by atoms with Crippen molar-refractivity contribution in [3.63, 3.8) is 0 Å². The number of sulfonamides is 1. The largest absolute Gasteiger partial charge is 0.329 e. The van der Waals surface area contributed by atoms with Crippen molar-refractivity contribution in [1.29, 1.82) is 0 Å². The molecule has 1 atom stereocenters. The Hall–Kier alpha value is 0.180. The van der Waals surface area contributed by atoms with E-state index in [1.54, 1.807) is 4.31 Å². The Labute approximate surface area is 109 Å². The SMILES string of the molecule is CSCCC(CN)N1CCN(S(C)(=O)=O)CC1. The van der Waals surface area contributed by atoms with Gasteiger partial charge in [0.1, 0.15) is 0 Å². The Morgan fingerprint density at radius 3 is 2.29 bits per heavy atom. The van der Waals surface area contributed by atoms with E-state index in [1.807, 2.05) is 11.8 Å². The fraction of sp³-hybridized carbons (Fsp3) is 1.00. The summed E-state index contributed by atoms with van der Waals surface area (Å²) in [6.45, 7) is 3.43. The van der Waals surface area contributed by atoms with Gasteiger partial charge in [0.05, 0.1) is 6.26 Å². The molecule has 1 fully saturated rings. The first kappa shape index (κ1) is 15.2. The molecule has 2 N–H and O–H groups in total. The van der Waals surface area contributed by atoms with Crippen molar-refractivity contribution in [2.24, 2.45) is 5.73 Å². The minimum Gasteiger partial charge on any atom is -0.329 e.